The number of aromatic nitrogens is 4. The molecule has 2 saturated heterocycles. The summed E-state index contributed by atoms with van der Waals surface area (Å²) in [6, 6.07) is 3.57. The quantitative estimate of drug-likeness (QED) is 0.826. The van der Waals surface area contributed by atoms with Gasteiger partial charge in [0.05, 0.1) is 6.54 Å². The van der Waals surface area contributed by atoms with Crippen LogP contribution in [-0.4, -0.2) is 62.0 Å². The Morgan fingerprint density at radius 1 is 1.37 bits per heavy atom. The molecule has 2 N–H and O–H groups in total. The van der Waals surface area contributed by atoms with E-state index in [1.165, 1.54) is 6.33 Å². The Labute approximate surface area is 155 Å². The van der Waals surface area contributed by atoms with Crippen LogP contribution in [0.1, 0.15) is 24.8 Å². The second-order valence-electron chi connectivity index (χ2n) is 6.75. The number of amides is 3. The van der Waals surface area contributed by atoms with Crippen LogP contribution in [-0.2, 0) is 11.3 Å². The largest absolute Gasteiger partial charge is 0.441 e. The molecular weight excluding hydrogens is 350 g/mol. The van der Waals surface area contributed by atoms with Gasteiger partial charge in [-0.25, -0.2) is 24.2 Å². The fourth-order valence-corrected chi connectivity index (χ4v) is 3.53. The summed E-state index contributed by atoms with van der Waals surface area (Å²) < 4.78 is 7.02. The third-order valence-electron chi connectivity index (χ3n) is 4.98. The topological polar surface area (TPSA) is 114 Å². The van der Waals surface area contributed by atoms with Crippen LogP contribution in [0.3, 0.4) is 0 Å². The minimum Gasteiger partial charge on any atom is -0.441 e. The predicted molar refractivity (Wildman–Crippen MR) is 94.0 cm³/mol. The van der Waals surface area contributed by atoms with Crippen molar-refractivity contribution in [3.05, 3.63) is 36.5 Å². The van der Waals surface area contributed by atoms with Crippen molar-refractivity contribution in [2.75, 3.05) is 19.6 Å². The third-order valence-corrected chi connectivity index (χ3v) is 4.98. The van der Waals surface area contributed by atoms with E-state index in [1.54, 1.807) is 22.1 Å². The van der Waals surface area contributed by atoms with Gasteiger partial charge in [0.1, 0.15) is 18.3 Å². The molecule has 1 spiro atoms. The Balaban J connectivity index is 1.37. The second kappa shape index (κ2) is 7.22. The van der Waals surface area contributed by atoms with Crippen LogP contribution in [0.2, 0.25) is 0 Å². The molecule has 1 atom stereocenters. The standard InChI is InChI=1S/C17H21N7O3/c25-15(23-7-2-4-17(5-8-23)10-21-16(26)27-17)20-9-13-3-1-6-19-14(13)24-12-18-11-22-24/h1,3,6,11-12H,2,4-5,7-10H2,(H,20,25)(H,21,26)/t17-/m1/s1. The van der Waals surface area contributed by atoms with Gasteiger partial charge in [-0.05, 0) is 18.9 Å². The van der Waals surface area contributed by atoms with E-state index >= 15 is 0 Å². The van der Waals surface area contributed by atoms with Gasteiger partial charge >= 0.3 is 12.1 Å². The van der Waals surface area contributed by atoms with Gasteiger partial charge in [0.15, 0.2) is 5.82 Å². The monoisotopic (exact) mass is 371 g/mol. The smallest absolute Gasteiger partial charge is 0.407 e. The van der Waals surface area contributed by atoms with E-state index in [9.17, 15) is 9.59 Å². The van der Waals surface area contributed by atoms with E-state index in [1.807, 2.05) is 12.1 Å². The molecule has 2 aromatic heterocycles. The molecule has 0 bridgehead atoms. The number of nitrogens with one attached hydrogen (secondary N) is 2. The highest BCUT2D eigenvalue weighted by Gasteiger charge is 2.41. The Hall–Kier alpha value is -3.17. The lowest BCUT2D eigenvalue weighted by Gasteiger charge is -2.25. The van der Waals surface area contributed by atoms with Crippen molar-refractivity contribution in [3.63, 3.8) is 0 Å². The SMILES string of the molecule is O=C1NC[C@]2(CCCN(C(=O)NCc3cccnc3-n3cncn3)CC2)O1. The first-order chi connectivity index (χ1) is 13.2. The molecule has 2 fully saturated rings. The maximum Gasteiger partial charge on any atom is 0.407 e. The zero-order valence-electron chi connectivity index (χ0n) is 14.8. The van der Waals surface area contributed by atoms with Gasteiger partial charge in [-0.1, -0.05) is 6.07 Å². The fourth-order valence-electron chi connectivity index (χ4n) is 3.53. The molecule has 10 nitrogen and oxygen atoms in total. The van der Waals surface area contributed by atoms with Crippen molar-refractivity contribution in [1.29, 1.82) is 0 Å². The summed E-state index contributed by atoms with van der Waals surface area (Å²) in [7, 11) is 0. The van der Waals surface area contributed by atoms with Gasteiger partial charge in [-0.3, -0.25) is 0 Å². The lowest BCUT2D eigenvalue weighted by Crippen LogP contribution is -2.41. The number of urea groups is 1. The van der Waals surface area contributed by atoms with Gasteiger partial charge in [0.2, 0.25) is 0 Å². The number of carbonyl (C=O) groups is 2. The number of carbonyl (C=O) groups excluding carboxylic acids is 2. The summed E-state index contributed by atoms with van der Waals surface area (Å²) in [6.45, 7) is 2.02. The predicted octanol–water partition coefficient (Wildman–Crippen LogP) is 0.836. The molecule has 0 radical (unpaired) electrons. The lowest BCUT2D eigenvalue weighted by atomic mass is 9.95. The number of rotatable bonds is 3. The van der Waals surface area contributed by atoms with Gasteiger partial charge in [0, 0.05) is 37.8 Å². The number of hydrogen-bond donors (Lipinski definition) is 2. The van der Waals surface area contributed by atoms with E-state index < -0.39 is 5.60 Å². The van der Waals surface area contributed by atoms with E-state index in [0.717, 1.165) is 18.4 Å². The first kappa shape index (κ1) is 17.3. The minimum absolute atomic E-state index is 0.141. The summed E-state index contributed by atoms with van der Waals surface area (Å²) in [4.78, 5) is 34.0. The Bertz CT molecular complexity index is 826. The number of ether oxygens (including phenoxy) is 1. The second-order valence-corrected chi connectivity index (χ2v) is 6.75. The summed E-state index contributed by atoms with van der Waals surface area (Å²) in [6.07, 6.45) is 6.50. The summed E-state index contributed by atoms with van der Waals surface area (Å²) in [5, 5.41) is 9.76. The van der Waals surface area contributed by atoms with Crippen molar-refractivity contribution >= 4 is 12.1 Å². The normalized spacial score (nSPS) is 22.2. The maximum atomic E-state index is 12.6. The highest BCUT2D eigenvalue weighted by Crippen LogP contribution is 2.29. The van der Waals surface area contributed by atoms with Crippen molar-refractivity contribution < 1.29 is 14.3 Å². The highest BCUT2D eigenvalue weighted by atomic mass is 16.6. The molecular formula is C17H21N7O3. The molecule has 4 rings (SSSR count). The average molecular weight is 371 g/mol. The molecule has 142 valence electrons. The van der Waals surface area contributed by atoms with Gasteiger partial charge in [-0.2, -0.15) is 5.10 Å². The van der Waals surface area contributed by atoms with Crippen LogP contribution >= 0.6 is 0 Å². The molecule has 0 unspecified atom stereocenters. The molecule has 4 heterocycles. The summed E-state index contributed by atoms with van der Waals surface area (Å²) >= 11 is 0. The fraction of sp³-hybridized carbons (Fsp3) is 0.471. The van der Waals surface area contributed by atoms with Crippen LogP contribution in [0.4, 0.5) is 9.59 Å². The number of nitrogens with zero attached hydrogens (tertiary/aromatic N) is 5. The van der Waals surface area contributed by atoms with Crippen LogP contribution < -0.4 is 10.6 Å². The summed E-state index contributed by atoms with van der Waals surface area (Å²) in [5.41, 5.74) is 0.368. The maximum absolute atomic E-state index is 12.6. The Morgan fingerprint density at radius 2 is 2.30 bits per heavy atom. The molecule has 3 amide bonds. The van der Waals surface area contributed by atoms with Crippen LogP contribution in [0.15, 0.2) is 31.0 Å². The highest BCUT2D eigenvalue weighted by molar-refractivity contribution is 5.74. The number of hydrogen-bond acceptors (Lipinski definition) is 6. The number of alkyl carbamates (subject to hydrolysis) is 1. The van der Waals surface area contributed by atoms with E-state index in [-0.39, 0.29) is 12.1 Å². The Morgan fingerprint density at radius 3 is 3.07 bits per heavy atom. The molecule has 10 heteroatoms. The van der Waals surface area contributed by atoms with E-state index in [4.69, 9.17) is 4.74 Å². The van der Waals surface area contributed by atoms with Crippen LogP contribution in [0, 0.1) is 0 Å². The Kier molecular flexibility index (Phi) is 4.61. The van der Waals surface area contributed by atoms with E-state index in [0.29, 0.717) is 38.4 Å². The van der Waals surface area contributed by atoms with Gasteiger partial charge < -0.3 is 20.3 Å². The van der Waals surface area contributed by atoms with Crippen LogP contribution in [0.25, 0.3) is 5.82 Å². The molecule has 0 saturated carbocycles. The minimum atomic E-state index is -0.476. The van der Waals surface area contributed by atoms with Crippen molar-refractivity contribution in [3.8, 4) is 5.82 Å². The van der Waals surface area contributed by atoms with Gasteiger partial charge in [0.25, 0.3) is 0 Å². The summed E-state index contributed by atoms with van der Waals surface area (Å²) in [5.74, 6) is 0.633. The number of pyridine rings is 1. The van der Waals surface area contributed by atoms with Crippen molar-refractivity contribution in [1.82, 2.24) is 35.3 Å². The van der Waals surface area contributed by atoms with Crippen LogP contribution in [0.5, 0.6) is 0 Å². The first-order valence-electron chi connectivity index (χ1n) is 8.94. The molecule has 27 heavy (non-hydrogen) atoms. The molecule has 0 aliphatic carbocycles. The first-order valence-corrected chi connectivity index (χ1v) is 8.94. The molecule has 2 aliphatic rings. The van der Waals surface area contributed by atoms with E-state index in [2.05, 4.69) is 25.7 Å². The number of likely N-dealkylation sites (tertiary alicyclic amines) is 1. The molecule has 0 aromatic carbocycles. The van der Waals surface area contributed by atoms with Gasteiger partial charge in [-0.15, -0.1) is 0 Å². The van der Waals surface area contributed by atoms with Crippen molar-refractivity contribution in [2.24, 2.45) is 0 Å². The van der Waals surface area contributed by atoms with Crippen molar-refractivity contribution in [2.45, 2.75) is 31.4 Å². The lowest BCUT2D eigenvalue weighted by molar-refractivity contribution is 0.0453. The zero-order chi connectivity index (χ0) is 18.7. The molecule has 2 aromatic rings. The third kappa shape index (κ3) is 3.69. The zero-order valence-corrected chi connectivity index (χ0v) is 14.8. The average Bonchev–Trinajstić information content (AvgIpc) is 3.28. The molecule has 2 aliphatic heterocycles.